The zero-order valence-corrected chi connectivity index (χ0v) is 14.7. The van der Waals surface area contributed by atoms with Gasteiger partial charge in [0.2, 0.25) is 5.91 Å². The highest BCUT2D eigenvalue weighted by Crippen LogP contribution is 2.30. The van der Waals surface area contributed by atoms with E-state index in [9.17, 15) is 4.79 Å². The van der Waals surface area contributed by atoms with Gasteiger partial charge in [0, 0.05) is 30.1 Å². The first-order valence-corrected chi connectivity index (χ1v) is 9.08. The molecule has 1 aliphatic carbocycles. The van der Waals surface area contributed by atoms with Gasteiger partial charge in [-0.3, -0.25) is 4.79 Å². The van der Waals surface area contributed by atoms with E-state index in [1.807, 2.05) is 4.90 Å². The molecule has 128 valence electrons. The number of fused-ring (bicyclic) bond motifs is 2. The second kappa shape index (κ2) is 6.25. The highest BCUT2D eigenvalue weighted by molar-refractivity contribution is 5.88. The Hall–Kier alpha value is -1.81. The number of furan rings is 1. The maximum absolute atomic E-state index is 12.8. The molecular formula is C20H26N2O2. The van der Waals surface area contributed by atoms with Gasteiger partial charge < -0.3 is 14.2 Å². The van der Waals surface area contributed by atoms with Gasteiger partial charge in [-0.15, -0.1) is 0 Å². The molecular weight excluding hydrogens is 300 g/mol. The molecule has 1 aromatic carbocycles. The molecule has 2 aromatic rings. The van der Waals surface area contributed by atoms with Gasteiger partial charge in [-0.1, -0.05) is 0 Å². The quantitative estimate of drug-likeness (QED) is 0.870. The van der Waals surface area contributed by atoms with Crippen LogP contribution in [0.5, 0.6) is 0 Å². The van der Waals surface area contributed by atoms with Crippen LogP contribution in [-0.4, -0.2) is 48.9 Å². The first kappa shape index (κ1) is 15.7. The largest absolute Gasteiger partial charge is 0.464 e. The number of likely N-dealkylation sites (tertiary alicyclic amines) is 1. The Balaban J connectivity index is 1.52. The molecule has 2 heterocycles. The lowest BCUT2D eigenvalue weighted by Crippen LogP contribution is -2.47. The van der Waals surface area contributed by atoms with Crippen LogP contribution < -0.4 is 0 Å². The standard InChI is InChI=1S/C20H26N2O2/c1-21(2)17-7-4-8-22(12-17)20(23)11-16-13-24-19-10-15-6-3-5-14(15)9-18(16)19/h9-10,13,17H,3-8,11-12H2,1-2H3. The maximum Gasteiger partial charge on any atom is 0.227 e. The summed E-state index contributed by atoms with van der Waals surface area (Å²) in [5, 5.41) is 1.13. The van der Waals surface area contributed by atoms with Crippen molar-refractivity contribution in [3.05, 3.63) is 35.1 Å². The topological polar surface area (TPSA) is 36.7 Å². The third-order valence-corrected chi connectivity index (χ3v) is 5.69. The Bertz CT molecular complexity index is 762. The van der Waals surface area contributed by atoms with E-state index >= 15 is 0 Å². The van der Waals surface area contributed by atoms with E-state index in [1.54, 1.807) is 6.26 Å². The van der Waals surface area contributed by atoms with Crippen molar-refractivity contribution in [2.75, 3.05) is 27.2 Å². The molecule has 24 heavy (non-hydrogen) atoms. The first-order chi connectivity index (χ1) is 11.6. The van der Waals surface area contributed by atoms with E-state index in [1.165, 1.54) is 24.0 Å². The number of hydrogen-bond acceptors (Lipinski definition) is 3. The average molecular weight is 326 g/mol. The number of likely N-dealkylation sites (N-methyl/N-ethyl adjacent to an activating group) is 1. The zero-order chi connectivity index (χ0) is 16.7. The minimum Gasteiger partial charge on any atom is -0.464 e. The van der Waals surface area contributed by atoms with Gasteiger partial charge in [0.1, 0.15) is 5.58 Å². The first-order valence-electron chi connectivity index (χ1n) is 9.08. The average Bonchev–Trinajstić information content (AvgIpc) is 3.19. The van der Waals surface area contributed by atoms with Crippen LogP contribution in [0.1, 0.15) is 36.0 Å². The number of piperidine rings is 1. The molecule has 0 radical (unpaired) electrons. The van der Waals surface area contributed by atoms with Crippen LogP contribution in [0.2, 0.25) is 0 Å². The van der Waals surface area contributed by atoms with E-state index in [0.29, 0.717) is 12.5 Å². The predicted octanol–water partition coefficient (Wildman–Crippen LogP) is 3.02. The molecule has 2 aliphatic rings. The number of benzene rings is 1. The molecule has 4 rings (SSSR count). The van der Waals surface area contributed by atoms with E-state index < -0.39 is 0 Å². The summed E-state index contributed by atoms with van der Waals surface area (Å²) in [6, 6.07) is 4.91. The van der Waals surface area contributed by atoms with Gasteiger partial charge in [-0.2, -0.15) is 0 Å². The summed E-state index contributed by atoms with van der Waals surface area (Å²) in [6.45, 7) is 1.73. The Morgan fingerprint density at radius 2 is 2.04 bits per heavy atom. The van der Waals surface area contributed by atoms with Crippen LogP contribution in [0.25, 0.3) is 11.0 Å². The molecule has 0 bridgehead atoms. The molecule has 0 spiro atoms. The van der Waals surface area contributed by atoms with Crippen LogP contribution in [-0.2, 0) is 24.1 Å². The van der Waals surface area contributed by atoms with Crippen LogP contribution in [0.3, 0.4) is 0 Å². The lowest BCUT2D eigenvalue weighted by atomic mass is 10.0. The van der Waals surface area contributed by atoms with Crippen molar-refractivity contribution in [2.24, 2.45) is 0 Å². The minimum absolute atomic E-state index is 0.227. The summed E-state index contributed by atoms with van der Waals surface area (Å²) in [5.41, 5.74) is 4.82. The lowest BCUT2D eigenvalue weighted by Gasteiger charge is -2.36. The van der Waals surface area contributed by atoms with Gasteiger partial charge in [-0.25, -0.2) is 0 Å². The smallest absolute Gasteiger partial charge is 0.227 e. The van der Waals surface area contributed by atoms with E-state index in [-0.39, 0.29) is 5.91 Å². The number of rotatable bonds is 3. The minimum atomic E-state index is 0.227. The molecule has 1 amide bonds. The van der Waals surface area contributed by atoms with Gasteiger partial charge >= 0.3 is 0 Å². The summed E-state index contributed by atoms with van der Waals surface area (Å²) in [6.07, 6.45) is 8.04. The number of amides is 1. The molecule has 1 unspecified atom stereocenters. The highest BCUT2D eigenvalue weighted by Gasteiger charge is 2.25. The van der Waals surface area contributed by atoms with Crippen molar-refractivity contribution in [2.45, 2.75) is 44.6 Å². The summed E-state index contributed by atoms with van der Waals surface area (Å²) < 4.78 is 5.74. The maximum atomic E-state index is 12.8. The van der Waals surface area contributed by atoms with Gasteiger partial charge in [0.15, 0.2) is 0 Å². The number of aryl methyl sites for hydroxylation is 2. The number of nitrogens with zero attached hydrogens (tertiary/aromatic N) is 2. The normalized spacial score (nSPS) is 20.8. The zero-order valence-electron chi connectivity index (χ0n) is 14.7. The van der Waals surface area contributed by atoms with Crippen molar-refractivity contribution >= 4 is 16.9 Å². The van der Waals surface area contributed by atoms with Gasteiger partial charge in [-0.05, 0) is 69.5 Å². The van der Waals surface area contributed by atoms with E-state index in [4.69, 9.17) is 4.42 Å². The summed E-state index contributed by atoms with van der Waals surface area (Å²) in [5.74, 6) is 0.227. The van der Waals surface area contributed by atoms with Crippen molar-refractivity contribution in [3.63, 3.8) is 0 Å². The van der Waals surface area contributed by atoms with Crippen molar-refractivity contribution in [1.82, 2.24) is 9.80 Å². The monoisotopic (exact) mass is 326 g/mol. The molecule has 0 saturated carbocycles. The summed E-state index contributed by atoms with van der Waals surface area (Å²) >= 11 is 0. The molecule has 1 aliphatic heterocycles. The van der Waals surface area contributed by atoms with Crippen molar-refractivity contribution in [1.29, 1.82) is 0 Å². The third kappa shape index (κ3) is 2.84. The van der Waals surface area contributed by atoms with E-state index in [0.717, 1.165) is 48.9 Å². The van der Waals surface area contributed by atoms with Crippen LogP contribution in [0.4, 0.5) is 0 Å². The number of carbonyl (C=O) groups excluding carboxylic acids is 1. The Morgan fingerprint density at radius 1 is 1.25 bits per heavy atom. The summed E-state index contributed by atoms with van der Waals surface area (Å²) in [4.78, 5) is 17.0. The predicted molar refractivity (Wildman–Crippen MR) is 95.2 cm³/mol. The molecule has 1 saturated heterocycles. The van der Waals surface area contributed by atoms with Gasteiger partial charge in [0.25, 0.3) is 0 Å². The third-order valence-electron chi connectivity index (χ3n) is 5.69. The molecule has 4 heteroatoms. The Kier molecular flexibility index (Phi) is 4.09. The Labute approximate surface area is 143 Å². The molecule has 1 fully saturated rings. The van der Waals surface area contributed by atoms with Crippen LogP contribution in [0.15, 0.2) is 22.8 Å². The molecule has 0 N–H and O–H groups in total. The van der Waals surface area contributed by atoms with Crippen molar-refractivity contribution < 1.29 is 9.21 Å². The number of carbonyl (C=O) groups is 1. The fourth-order valence-corrected chi connectivity index (χ4v) is 4.16. The second-order valence-corrected chi connectivity index (χ2v) is 7.51. The second-order valence-electron chi connectivity index (χ2n) is 7.51. The van der Waals surface area contributed by atoms with Gasteiger partial charge in [0.05, 0.1) is 12.7 Å². The summed E-state index contributed by atoms with van der Waals surface area (Å²) in [7, 11) is 4.20. The molecule has 1 aromatic heterocycles. The van der Waals surface area contributed by atoms with E-state index in [2.05, 4.69) is 31.1 Å². The van der Waals surface area contributed by atoms with Crippen LogP contribution >= 0.6 is 0 Å². The Morgan fingerprint density at radius 3 is 2.83 bits per heavy atom. The highest BCUT2D eigenvalue weighted by atomic mass is 16.3. The fourth-order valence-electron chi connectivity index (χ4n) is 4.16. The lowest BCUT2D eigenvalue weighted by molar-refractivity contribution is -0.132. The molecule has 1 atom stereocenters. The molecule has 4 nitrogen and oxygen atoms in total. The SMILES string of the molecule is CN(C)C1CCCN(C(=O)Cc2coc3cc4c(cc23)CCC4)C1. The number of hydrogen-bond donors (Lipinski definition) is 0. The van der Waals surface area contributed by atoms with Crippen LogP contribution in [0, 0.1) is 0 Å². The van der Waals surface area contributed by atoms with Crippen molar-refractivity contribution in [3.8, 4) is 0 Å². The fraction of sp³-hybridized carbons (Fsp3) is 0.550.